The highest BCUT2D eigenvalue weighted by Crippen LogP contribution is 2.19. The number of carbonyl (C=O) groups is 1. The number of amides is 1. The second-order valence-electron chi connectivity index (χ2n) is 3.24. The Hall–Kier alpha value is -1.58. The number of halogens is 1. The van der Waals surface area contributed by atoms with Gasteiger partial charge >= 0.3 is 0 Å². The Morgan fingerprint density at radius 2 is 2.27 bits per heavy atom. The number of hydrogen-bond donors (Lipinski definition) is 2. The van der Waals surface area contributed by atoms with Crippen LogP contribution < -0.4 is 5.32 Å². The van der Waals surface area contributed by atoms with Gasteiger partial charge in [0.2, 0.25) is 0 Å². The maximum Gasteiger partial charge on any atom is 0.258 e. The van der Waals surface area contributed by atoms with E-state index in [9.17, 15) is 14.3 Å². The third-order valence-corrected chi connectivity index (χ3v) is 2.03. The number of rotatable bonds is 4. The largest absolute Gasteiger partial charge is 0.507 e. The minimum absolute atomic E-state index is 0.284. The number of benzene rings is 1. The molecule has 0 aromatic heterocycles. The van der Waals surface area contributed by atoms with Gasteiger partial charge in [-0.25, -0.2) is 4.39 Å². The molecule has 4 heteroatoms. The fourth-order valence-corrected chi connectivity index (χ4v) is 1.20. The maximum absolute atomic E-state index is 13.2. The number of phenols is 1. The smallest absolute Gasteiger partial charge is 0.258 e. The molecule has 0 radical (unpaired) electrons. The van der Waals surface area contributed by atoms with Gasteiger partial charge in [-0.05, 0) is 18.6 Å². The summed E-state index contributed by atoms with van der Waals surface area (Å²) in [5, 5.41) is 11.9. The topological polar surface area (TPSA) is 49.3 Å². The SMILES string of the molecule is CCCCNC(=O)c1c(O)cccc1F. The van der Waals surface area contributed by atoms with Crippen molar-refractivity contribution in [2.45, 2.75) is 19.8 Å². The van der Waals surface area contributed by atoms with Crippen LogP contribution >= 0.6 is 0 Å². The van der Waals surface area contributed by atoms with Crippen molar-refractivity contribution in [1.82, 2.24) is 5.32 Å². The first-order valence-corrected chi connectivity index (χ1v) is 4.92. The number of nitrogens with one attached hydrogen (secondary N) is 1. The summed E-state index contributed by atoms with van der Waals surface area (Å²) in [5.74, 6) is -1.60. The van der Waals surface area contributed by atoms with Gasteiger partial charge in [0, 0.05) is 6.54 Å². The molecule has 1 amide bonds. The van der Waals surface area contributed by atoms with Crippen molar-refractivity contribution < 1.29 is 14.3 Å². The van der Waals surface area contributed by atoms with E-state index in [2.05, 4.69) is 5.32 Å². The number of phenolic OH excluding ortho intramolecular Hbond substituents is 1. The summed E-state index contributed by atoms with van der Waals surface area (Å²) >= 11 is 0. The van der Waals surface area contributed by atoms with E-state index in [-0.39, 0.29) is 11.3 Å². The molecular weight excluding hydrogens is 197 g/mol. The lowest BCUT2D eigenvalue weighted by atomic mass is 10.1. The zero-order chi connectivity index (χ0) is 11.3. The molecule has 0 heterocycles. The van der Waals surface area contributed by atoms with Crippen molar-refractivity contribution in [2.24, 2.45) is 0 Å². The van der Waals surface area contributed by atoms with E-state index in [4.69, 9.17) is 0 Å². The average Bonchev–Trinajstić information content (AvgIpc) is 2.18. The van der Waals surface area contributed by atoms with Gasteiger partial charge in [0.05, 0.1) is 0 Å². The highest BCUT2D eigenvalue weighted by molar-refractivity contribution is 5.97. The lowest BCUT2D eigenvalue weighted by molar-refractivity contribution is 0.0946. The molecule has 0 spiro atoms. The van der Waals surface area contributed by atoms with Crippen LogP contribution in [0.2, 0.25) is 0 Å². The van der Waals surface area contributed by atoms with Crippen molar-refractivity contribution in [1.29, 1.82) is 0 Å². The Kier molecular flexibility index (Phi) is 4.09. The monoisotopic (exact) mass is 211 g/mol. The molecule has 1 aromatic carbocycles. The van der Waals surface area contributed by atoms with Crippen LogP contribution in [0.25, 0.3) is 0 Å². The predicted octanol–water partition coefficient (Wildman–Crippen LogP) is 2.06. The highest BCUT2D eigenvalue weighted by Gasteiger charge is 2.15. The van der Waals surface area contributed by atoms with Gasteiger partial charge in [0.15, 0.2) is 0 Å². The van der Waals surface area contributed by atoms with E-state index in [0.29, 0.717) is 6.54 Å². The number of carbonyl (C=O) groups excluding carboxylic acids is 1. The Labute approximate surface area is 87.9 Å². The van der Waals surface area contributed by atoms with Crippen LogP contribution in [0.3, 0.4) is 0 Å². The van der Waals surface area contributed by atoms with Crippen LogP contribution in [0.4, 0.5) is 4.39 Å². The molecule has 0 saturated heterocycles. The quantitative estimate of drug-likeness (QED) is 0.749. The highest BCUT2D eigenvalue weighted by atomic mass is 19.1. The third kappa shape index (κ3) is 2.94. The average molecular weight is 211 g/mol. The summed E-state index contributed by atoms with van der Waals surface area (Å²) in [6.07, 6.45) is 1.78. The zero-order valence-corrected chi connectivity index (χ0v) is 8.59. The van der Waals surface area contributed by atoms with Crippen molar-refractivity contribution in [3.8, 4) is 5.75 Å². The molecule has 0 unspecified atom stereocenters. The first-order chi connectivity index (χ1) is 7.16. The van der Waals surface area contributed by atoms with Crippen LogP contribution in [0.15, 0.2) is 18.2 Å². The second-order valence-corrected chi connectivity index (χ2v) is 3.24. The van der Waals surface area contributed by atoms with E-state index in [1.165, 1.54) is 12.1 Å². The first kappa shape index (κ1) is 11.5. The zero-order valence-electron chi connectivity index (χ0n) is 8.59. The van der Waals surface area contributed by atoms with E-state index in [1.54, 1.807) is 0 Å². The second kappa shape index (κ2) is 5.34. The van der Waals surface area contributed by atoms with E-state index in [1.807, 2.05) is 6.92 Å². The van der Waals surface area contributed by atoms with Gasteiger partial charge in [0.25, 0.3) is 5.91 Å². The fraction of sp³-hybridized carbons (Fsp3) is 0.364. The van der Waals surface area contributed by atoms with Crippen LogP contribution in [0.5, 0.6) is 5.75 Å². The molecule has 0 fully saturated rings. The molecular formula is C11H14FNO2. The van der Waals surface area contributed by atoms with E-state index >= 15 is 0 Å². The van der Waals surface area contributed by atoms with Gasteiger partial charge in [-0.2, -0.15) is 0 Å². The molecule has 1 aromatic rings. The number of hydrogen-bond acceptors (Lipinski definition) is 2. The van der Waals surface area contributed by atoms with Crippen molar-refractivity contribution in [3.63, 3.8) is 0 Å². The Morgan fingerprint density at radius 3 is 2.87 bits per heavy atom. The van der Waals surface area contributed by atoms with Gasteiger partial charge in [0.1, 0.15) is 17.1 Å². The molecule has 0 bridgehead atoms. The Morgan fingerprint density at radius 1 is 1.53 bits per heavy atom. The standard InChI is InChI=1S/C11H14FNO2/c1-2-3-7-13-11(15)10-8(12)5-4-6-9(10)14/h4-6,14H,2-3,7H2,1H3,(H,13,15). The molecule has 2 N–H and O–H groups in total. The fourth-order valence-electron chi connectivity index (χ4n) is 1.20. The number of aromatic hydroxyl groups is 1. The summed E-state index contributed by atoms with van der Waals surface area (Å²) in [6, 6.07) is 3.79. The van der Waals surface area contributed by atoms with Gasteiger partial charge < -0.3 is 10.4 Å². The molecule has 0 aliphatic rings. The first-order valence-electron chi connectivity index (χ1n) is 4.92. The molecule has 0 aliphatic carbocycles. The summed E-state index contributed by atoms with van der Waals surface area (Å²) in [6.45, 7) is 2.48. The minimum atomic E-state index is -0.705. The van der Waals surface area contributed by atoms with Crippen LogP contribution in [0, 0.1) is 5.82 Å². The van der Waals surface area contributed by atoms with E-state index < -0.39 is 11.7 Å². The third-order valence-electron chi connectivity index (χ3n) is 2.03. The normalized spacial score (nSPS) is 10.0. The van der Waals surface area contributed by atoms with E-state index in [0.717, 1.165) is 18.9 Å². The van der Waals surface area contributed by atoms with Gasteiger partial charge in [-0.15, -0.1) is 0 Å². The van der Waals surface area contributed by atoms with Crippen molar-refractivity contribution in [2.75, 3.05) is 6.54 Å². The lowest BCUT2D eigenvalue weighted by Gasteiger charge is -2.06. The van der Waals surface area contributed by atoms with Crippen LogP contribution in [-0.2, 0) is 0 Å². The van der Waals surface area contributed by atoms with Gasteiger partial charge in [-0.3, -0.25) is 4.79 Å². The Bertz CT molecular complexity index is 332. The number of unbranched alkanes of at least 4 members (excludes halogenated alkanes) is 1. The summed E-state index contributed by atoms with van der Waals surface area (Å²) in [5.41, 5.74) is -0.284. The summed E-state index contributed by atoms with van der Waals surface area (Å²) in [4.78, 5) is 11.5. The predicted molar refractivity (Wildman–Crippen MR) is 55.3 cm³/mol. The van der Waals surface area contributed by atoms with Crippen molar-refractivity contribution >= 4 is 5.91 Å². The molecule has 82 valence electrons. The summed E-state index contributed by atoms with van der Waals surface area (Å²) in [7, 11) is 0. The maximum atomic E-state index is 13.2. The molecule has 0 aliphatic heterocycles. The molecule has 1 rings (SSSR count). The Balaban J connectivity index is 2.73. The van der Waals surface area contributed by atoms with Crippen molar-refractivity contribution in [3.05, 3.63) is 29.6 Å². The molecule has 0 atom stereocenters. The van der Waals surface area contributed by atoms with Gasteiger partial charge in [-0.1, -0.05) is 19.4 Å². The lowest BCUT2D eigenvalue weighted by Crippen LogP contribution is -2.25. The molecule has 0 saturated carbocycles. The minimum Gasteiger partial charge on any atom is -0.507 e. The molecule has 3 nitrogen and oxygen atoms in total. The molecule has 15 heavy (non-hydrogen) atoms. The van der Waals surface area contributed by atoms with Crippen LogP contribution in [-0.4, -0.2) is 17.6 Å². The van der Waals surface area contributed by atoms with Crippen LogP contribution in [0.1, 0.15) is 30.1 Å². The summed E-state index contributed by atoms with van der Waals surface area (Å²) < 4.78 is 13.2.